The Kier molecular flexibility index (Phi) is 7.19. The SMILES string of the molecule is CNC(=O)c1cccc(NC(=O)COC(=O)[C@H](C)Oc2ccc(Cl)cc2)c1. The third kappa shape index (κ3) is 6.31. The van der Waals surface area contributed by atoms with Crippen LogP contribution in [0.5, 0.6) is 5.75 Å². The number of amides is 2. The van der Waals surface area contributed by atoms with Crippen molar-refractivity contribution in [1.82, 2.24) is 5.32 Å². The Hall–Kier alpha value is -3.06. The van der Waals surface area contributed by atoms with E-state index in [0.29, 0.717) is 22.0 Å². The molecule has 0 heterocycles. The first-order chi connectivity index (χ1) is 12.9. The van der Waals surface area contributed by atoms with E-state index in [-0.39, 0.29) is 5.91 Å². The number of carbonyl (C=O) groups excluding carboxylic acids is 3. The highest BCUT2D eigenvalue weighted by molar-refractivity contribution is 6.30. The first kappa shape index (κ1) is 20.3. The summed E-state index contributed by atoms with van der Waals surface area (Å²) in [6.07, 6.45) is -0.893. The van der Waals surface area contributed by atoms with E-state index >= 15 is 0 Å². The minimum atomic E-state index is -0.893. The van der Waals surface area contributed by atoms with Crippen molar-refractivity contribution in [2.45, 2.75) is 13.0 Å². The van der Waals surface area contributed by atoms with Gasteiger partial charge in [-0.2, -0.15) is 0 Å². The Bertz CT molecular complexity index is 823. The molecule has 27 heavy (non-hydrogen) atoms. The Morgan fingerprint density at radius 2 is 1.81 bits per heavy atom. The molecule has 0 aromatic heterocycles. The van der Waals surface area contributed by atoms with Crippen LogP contribution in [-0.4, -0.2) is 37.5 Å². The molecule has 0 aliphatic heterocycles. The van der Waals surface area contributed by atoms with Gasteiger partial charge < -0.3 is 20.1 Å². The van der Waals surface area contributed by atoms with E-state index in [1.54, 1.807) is 42.5 Å². The number of benzene rings is 2. The number of hydrogen-bond donors (Lipinski definition) is 2. The van der Waals surface area contributed by atoms with Crippen LogP contribution in [0.1, 0.15) is 17.3 Å². The lowest BCUT2D eigenvalue weighted by Gasteiger charge is -2.14. The van der Waals surface area contributed by atoms with Crippen LogP contribution >= 0.6 is 11.6 Å². The molecule has 0 bridgehead atoms. The maximum atomic E-state index is 11.9. The van der Waals surface area contributed by atoms with Gasteiger partial charge in [-0.15, -0.1) is 0 Å². The number of halogens is 1. The molecule has 2 aromatic rings. The molecule has 142 valence electrons. The molecule has 0 spiro atoms. The van der Waals surface area contributed by atoms with Gasteiger partial charge in [0.25, 0.3) is 11.8 Å². The molecular weight excluding hydrogens is 372 g/mol. The number of anilines is 1. The molecule has 0 aliphatic carbocycles. The van der Waals surface area contributed by atoms with Crippen molar-refractivity contribution in [2.24, 2.45) is 0 Å². The van der Waals surface area contributed by atoms with Crippen molar-refractivity contribution in [3.8, 4) is 5.75 Å². The maximum absolute atomic E-state index is 11.9. The normalized spacial score (nSPS) is 11.2. The predicted molar refractivity (Wildman–Crippen MR) is 101 cm³/mol. The number of esters is 1. The molecular formula is C19H19ClN2O5. The number of ether oxygens (including phenoxy) is 2. The van der Waals surface area contributed by atoms with Crippen molar-refractivity contribution < 1.29 is 23.9 Å². The fraction of sp³-hybridized carbons (Fsp3) is 0.211. The van der Waals surface area contributed by atoms with Crippen molar-refractivity contribution in [1.29, 1.82) is 0 Å². The largest absolute Gasteiger partial charge is 0.479 e. The summed E-state index contributed by atoms with van der Waals surface area (Å²) < 4.78 is 10.4. The van der Waals surface area contributed by atoms with Gasteiger partial charge in [0.2, 0.25) is 0 Å². The molecule has 2 amide bonds. The summed E-state index contributed by atoms with van der Waals surface area (Å²) in [5, 5.41) is 5.61. The fourth-order valence-electron chi connectivity index (χ4n) is 2.10. The molecule has 0 saturated carbocycles. The van der Waals surface area contributed by atoms with E-state index in [1.807, 2.05) is 0 Å². The molecule has 0 unspecified atom stereocenters. The first-order valence-electron chi connectivity index (χ1n) is 8.10. The van der Waals surface area contributed by atoms with Crippen LogP contribution in [0.3, 0.4) is 0 Å². The number of hydrogen-bond acceptors (Lipinski definition) is 5. The number of rotatable bonds is 7. The minimum Gasteiger partial charge on any atom is -0.479 e. The average molecular weight is 391 g/mol. The molecule has 0 radical (unpaired) electrons. The van der Waals surface area contributed by atoms with Gasteiger partial charge in [0.1, 0.15) is 5.75 Å². The highest BCUT2D eigenvalue weighted by Crippen LogP contribution is 2.17. The van der Waals surface area contributed by atoms with E-state index in [2.05, 4.69) is 10.6 Å². The van der Waals surface area contributed by atoms with Gasteiger partial charge in [-0.3, -0.25) is 9.59 Å². The van der Waals surface area contributed by atoms with Gasteiger partial charge in [0.15, 0.2) is 12.7 Å². The monoisotopic (exact) mass is 390 g/mol. The van der Waals surface area contributed by atoms with E-state index in [1.165, 1.54) is 20.0 Å². The lowest BCUT2D eigenvalue weighted by atomic mass is 10.2. The van der Waals surface area contributed by atoms with Crippen LogP contribution in [-0.2, 0) is 14.3 Å². The molecule has 8 heteroatoms. The summed E-state index contributed by atoms with van der Waals surface area (Å²) in [6, 6.07) is 12.9. The maximum Gasteiger partial charge on any atom is 0.347 e. The van der Waals surface area contributed by atoms with Crippen LogP contribution in [0.4, 0.5) is 5.69 Å². The highest BCUT2D eigenvalue weighted by Gasteiger charge is 2.18. The van der Waals surface area contributed by atoms with E-state index in [4.69, 9.17) is 21.1 Å². The van der Waals surface area contributed by atoms with Crippen LogP contribution in [0.15, 0.2) is 48.5 Å². The summed E-state index contributed by atoms with van der Waals surface area (Å²) in [4.78, 5) is 35.5. The summed E-state index contributed by atoms with van der Waals surface area (Å²) in [5.41, 5.74) is 0.819. The molecule has 0 saturated heterocycles. The van der Waals surface area contributed by atoms with Crippen molar-refractivity contribution in [3.63, 3.8) is 0 Å². The van der Waals surface area contributed by atoms with Gasteiger partial charge in [0.05, 0.1) is 0 Å². The third-order valence-corrected chi connectivity index (χ3v) is 3.69. The van der Waals surface area contributed by atoms with Crippen molar-refractivity contribution in [3.05, 3.63) is 59.1 Å². The van der Waals surface area contributed by atoms with E-state index < -0.39 is 24.6 Å². The van der Waals surface area contributed by atoms with E-state index in [9.17, 15) is 14.4 Å². The molecule has 2 N–H and O–H groups in total. The zero-order valence-corrected chi connectivity index (χ0v) is 15.6. The Morgan fingerprint density at radius 3 is 2.48 bits per heavy atom. The van der Waals surface area contributed by atoms with Crippen LogP contribution in [0.2, 0.25) is 5.02 Å². The lowest BCUT2D eigenvalue weighted by molar-refractivity contribution is -0.153. The second kappa shape index (κ2) is 9.59. The average Bonchev–Trinajstić information content (AvgIpc) is 2.67. The molecule has 1 atom stereocenters. The second-order valence-electron chi connectivity index (χ2n) is 5.53. The Morgan fingerprint density at radius 1 is 1.11 bits per heavy atom. The van der Waals surface area contributed by atoms with Gasteiger partial charge in [0, 0.05) is 23.3 Å². The zero-order valence-electron chi connectivity index (χ0n) is 14.8. The quantitative estimate of drug-likeness (QED) is 0.709. The van der Waals surface area contributed by atoms with Crippen LogP contribution in [0, 0.1) is 0 Å². The van der Waals surface area contributed by atoms with E-state index in [0.717, 1.165) is 0 Å². The Balaban J connectivity index is 1.83. The second-order valence-corrected chi connectivity index (χ2v) is 5.97. The Labute approximate surface area is 161 Å². The number of nitrogens with one attached hydrogen (secondary N) is 2. The standard InChI is InChI=1S/C19H19ClN2O5/c1-12(27-16-8-6-14(20)7-9-16)19(25)26-11-17(23)22-15-5-3-4-13(10-15)18(24)21-2/h3-10,12H,11H2,1-2H3,(H,21,24)(H,22,23)/t12-/m0/s1. The molecule has 2 rings (SSSR count). The highest BCUT2D eigenvalue weighted by atomic mass is 35.5. The predicted octanol–water partition coefficient (Wildman–Crippen LogP) is 2.65. The zero-order chi connectivity index (χ0) is 19.8. The van der Waals surface area contributed by atoms with Gasteiger partial charge in [-0.1, -0.05) is 17.7 Å². The summed E-state index contributed by atoms with van der Waals surface area (Å²) in [7, 11) is 1.51. The summed E-state index contributed by atoms with van der Waals surface area (Å²) in [5.74, 6) is -1.03. The smallest absolute Gasteiger partial charge is 0.347 e. The molecule has 0 fully saturated rings. The van der Waals surface area contributed by atoms with Gasteiger partial charge >= 0.3 is 5.97 Å². The molecule has 0 aliphatic rings. The molecule has 7 nitrogen and oxygen atoms in total. The van der Waals surface area contributed by atoms with Crippen molar-refractivity contribution >= 4 is 35.1 Å². The first-order valence-corrected chi connectivity index (χ1v) is 8.47. The summed E-state index contributed by atoms with van der Waals surface area (Å²) >= 11 is 5.78. The van der Waals surface area contributed by atoms with Crippen molar-refractivity contribution in [2.75, 3.05) is 19.0 Å². The van der Waals surface area contributed by atoms with Gasteiger partial charge in [-0.05, 0) is 49.4 Å². The topological polar surface area (TPSA) is 93.7 Å². The fourth-order valence-corrected chi connectivity index (χ4v) is 2.23. The molecule has 2 aromatic carbocycles. The van der Waals surface area contributed by atoms with Gasteiger partial charge in [-0.25, -0.2) is 4.79 Å². The number of carbonyl (C=O) groups is 3. The van der Waals surface area contributed by atoms with Crippen LogP contribution < -0.4 is 15.4 Å². The third-order valence-electron chi connectivity index (χ3n) is 3.44. The summed E-state index contributed by atoms with van der Waals surface area (Å²) in [6.45, 7) is 1.04. The minimum absolute atomic E-state index is 0.273. The lowest BCUT2D eigenvalue weighted by Crippen LogP contribution is -2.29. The van der Waals surface area contributed by atoms with Crippen LogP contribution in [0.25, 0.3) is 0 Å².